The number of benzene rings is 1. The van der Waals surface area contributed by atoms with E-state index in [-0.39, 0.29) is 13.1 Å². The van der Waals surface area contributed by atoms with Gasteiger partial charge in [-0.15, -0.1) is 0 Å². The normalized spacial score (nSPS) is 20.4. The highest BCUT2D eigenvalue weighted by Gasteiger charge is 2.33. The molecule has 166 valence electrons. The number of alkyl carbamates (subject to hydrolysis) is 1. The van der Waals surface area contributed by atoms with E-state index in [1.165, 1.54) is 23.0 Å². The molecule has 2 aliphatic rings. The zero-order chi connectivity index (χ0) is 21.7. The number of carbonyl (C=O) groups is 2. The van der Waals surface area contributed by atoms with Gasteiger partial charge < -0.3 is 19.7 Å². The summed E-state index contributed by atoms with van der Waals surface area (Å²) in [5.74, 6) is 0.188. The van der Waals surface area contributed by atoms with Crippen LogP contribution in [0.25, 0.3) is 0 Å². The van der Waals surface area contributed by atoms with Crippen molar-refractivity contribution >= 4 is 35.6 Å². The predicted molar refractivity (Wildman–Crippen MR) is 110 cm³/mol. The van der Waals surface area contributed by atoms with E-state index in [1.54, 1.807) is 32.9 Å². The number of cyclic esters (lactones) is 1. The molecule has 30 heavy (non-hydrogen) atoms. The smallest absolute Gasteiger partial charge is 0.414 e. The van der Waals surface area contributed by atoms with Crippen molar-refractivity contribution in [2.24, 2.45) is 0 Å². The fourth-order valence-electron chi connectivity index (χ4n) is 3.02. The van der Waals surface area contributed by atoms with Crippen molar-refractivity contribution in [1.29, 1.82) is 0 Å². The minimum atomic E-state index is -0.619. The fraction of sp³-hybridized carbons (Fsp3) is 0.579. The van der Waals surface area contributed by atoms with Gasteiger partial charge in [-0.3, -0.25) is 4.90 Å². The first-order valence-corrected chi connectivity index (χ1v) is 10.5. The van der Waals surface area contributed by atoms with Crippen LogP contribution in [-0.4, -0.2) is 62.4 Å². The molecule has 0 bridgehead atoms. The summed E-state index contributed by atoms with van der Waals surface area (Å²) in [7, 11) is 0. The summed E-state index contributed by atoms with van der Waals surface area (Å²) in [6, 6.07) is 4.62. The van der Waals surface area contributed by atoms with E-state index in [9.17, 15) is 14.0 Å². The van der Waals surface area contributed by atoms with Gasteiger partial charge in [-0.25, -0.2) is 18.9 Å². The van der Waals surface area contributed by atoms with Crippen LogP contribution in [0.2, 0.25) is 0 Å². The molecule has 0 spiro atoms. The van der Waals surface area contributed by atoms with Gasteiger partial charge in [0.2, 0.25) is 0 Å². The van der Waals surface area contributed by atoms with Crippen molar-refractivity contribution in [3.63, 3.8) is 0 Å². The Morgan fingerprint density at radius 3 is 2.90 bits per heavy atom. The first kappa shape index (κ1) is 22.4. The van der Waals surface area contributed by atoms with Crippen LogP contribution in [0.3, 0.4) is 0 Å². The Kier molecular flexibility index (Phi) is 7.27. The summed E-state index contributed by atoms with van der Waals surface area (Å²) in [5, 5.41) is 2.58. The number of ether oxygens (including phenoxy) is 2. The number of nitrogens with one attached hydrogen (secondary N) is 1. The Morgan fingerprint density at radius 2 is 2.17 bits per heavy atom. The largest absolute Gasteiger partial charge is 0.444 e. The number of nitrogens with zero attached hydrogens (tertiary/aromatic N) is 2. The molecule has 2 fully saturated rings. The molecular formula is C19H26FN3O6S. The molecule has 9 nitrogen and oxygen atoms in total. The van der Waals surface area contributed by atoms with E-state index in [4.69, 9.17) is 18.7 Å². The maximum atomic E-state index is 14.8. The quantitative estimate of drug-likeness (QED) is 0.561. The van der Waals surface area contributed by atoms with Crippen LogP contribution in [0.1, 0.15) is 20.8 Å². The highest BCUT2D eigenvalue weighted by atomic mass is 32.2. The lowest BCUT2D eigenvalue weighted by Crippen LogP contribution is -2.38. The van der Waals surface area contributed by atoms with Crippen LogP contribution in [0.15, 0.2) is 18.2 Å². The fourth-order valence-corrected chi connectivity index (χ4v) is 3.52. The van der Waals surface area contributed by atoms with Crippen molar-refractivity contribution in [2.45, 2.75) is 32.5 Å². The van der Waals surface area contributed by atoms with Gasteiger partial charge in [0, 0.05) is 30.9 Å². The molecule has 1 aromatic carbocycles. The molecule has 1 atom stereocenters. The zero-order valence-electron chi connectivity index (χ0n) is 17.2. The third-order valence-corrected chi connectivity index (χ3v) is 4.86. The number of hydrogen-bond donors (Lipinski definition) is 1. The van der Waals surface area contributed by atoms with Gasteiger partial charge in [0.05, 0.1) is 24.5 Å². The second-order valence-corrected chi connectivity index (χ2v) is 8.61. The number of anilines is 2. The molecule has 2 heterocycles. The monoisotopic (exact) mass is 443 g/mol. The summed E-state index contributed by atoms with van der Waals surface area (Å²) >= 11 is 1.17. The molecule has 0 aliphatic carbocycles. The third-order valence-electron chi connectivity index (χ3n) is 4.32. The number of hydrogen-bond acceptors (Lipinski definition) is 8. The van der Waals surface area contributed by atoms with Crippen molar-refractivity contribution in [3.8, 4) is 0 Å². The Hall–Kier alpha value is -2.24. The van der Waals surface area contributed by atoms with Crippen LogP contribution in [0, 0.1) is 5.82 Å². The Bertz CT molecular complexity index is 767. The van der Waals surface area contributed by atoms with Gasteiger partial charge in [-0.2, -0.15) is 4.33 Å². The van der Waals surface area contributed by atoms with Crippen LogP contribution in [-0.2, 0) is 18.7 Å². The van der Waals surface area contributed by atoms with Crippen LogP contribution in [0.5, 0.6) is 0 Å². The van der Waals surface area contributed by atoms with E-state index in [0.717, 1.165) is 0 Å². The van der Waals surface area contributed by atoms with E-state index in [0.29, 0.717) is 36.8 Å². The van der Waals surface area contributed by atoms with Gasteiger partial charge in [-0.1, -0.05) is 0 Å². The second kappa shape index (κ2) is 9.71. The topological polar surface area (TPSA) is 89.6 Å². The third kappa shape index (κ3) is 6.13. The van der Waals surface area contributed by atoms with Gasteiger partial charge in [-0.05, 0) is 39.0 Å². The first-order chi connectivity index (χ1) is 14.2. The number of halogens is 1. The molecular weight excluding hydrogens is 417 g/mol. The molecule has 11 heteroatoms. The van der Waals surface area contributed by atoms with Gasteiger partial charge >= 0.3 is 12.2 Å². The summed E-state index contributed by atoms with van der Waals surface area (Å²) in [5.41, 5.74) is 0.203. The lowest BCUT2D eigenvalue weighted by Gasteiger charge is -2.26. The summed E-state index contributed by atoms with van der Waals surface area (Å²) in [6.07, 6.45) is -1.74. The van der Waals surface area contributed by atoms with Crippen molar-refractivity contribution < 1.29 is 32.7 Å². The molecule has 3 rings (SSSR count). The minimum Gasteiger partial charge on any atom is -0.444 e. The van der Waals surface area contributed by atoms with Crippen LogP contribution >= 0.6 is 12.0 Å². The van der Waals surface area contributed by atoms with Gasteiger partial charge in [0.25, 0.3) is 0 Å². The van der Waals surface area contributed by atoms with Crippen LogP contribution < -0.4 is 15.1 Å². The van der Waals surface area contributed by atoms with E-state index in [2.05, 4.69) is 5.32 Å². The molecule has 2 aliphatic heterocycles. The molecule has 0 saturated carbocycles. The lowest BCUT2D eigenvalue weighted by molar-refractivity contribution is -0.188. The van der Waals surface area contributed by atoms with Gasteiger partial charge in [0.15, 0.2) is 0 Å². The minimum absolute atomic E-state index is 0.102. The van der Waals surface area contributed by atoms with E-state index < -0.39 is 29.7 Å². The molecule has 0 unspecified atom stereocenters. The summed E-state index contributed by atoms with van der Waals surface area (Å²) < 4.78 is 30.1. The predicted octanol–water partition coefficient (Wildman–Crippen LogP) is 3.09. The average molecular weight is 443 g/mol. The Balaban J connectivity index is 1.59. The maximum Gasteiger partial charge on any atom is 0.414 e. The van der Waals surface area contributed by atoms with Crippen molar-refractivity contribution in [1.82, 2.24) is 5.32 Å². The lowest BCUT2D eigenvalue weighted by atomic mass is 10.2. The standard InChI is InChI=1S/C19H26FN3O6S/c1-19(2,3)28-17(24)21-11-14-12-23(18(25)27-14)13-4-5-16(15(20)10-13)22-6-8-26-29-30-9-7-22/h4-5,10,14H,6-9,11-12H2,1-3H3,(H,21,24)/t14-/m0/s1. The highest BCUT2D eigenvalue weighted by molar-refractivity contribution is 7.94. The number of rotatable bonds is 4. The molecule has 2 saturated heterocycles. The molecule has 1 aromatic rings. The molecule has 0 aromatic heterocycles. The number of carbonyl (C=O) groups excluding carboxylic acids is 2. The zero-order valence-corrected chi connectivity index (χ0v) is 18.0. The molecule has 2 amide bonds. The number of amides is 2. The maximum absolute atomic E-state index is 14.8. The summed E-state index contributed by atoms with van der Waals surface area (Å²) in [6.45, 7) is 6.98. The van der Waals surface area contributed by atoms with Crippen molar-refractivity contribution in [2.75, 3.05) is 48.3 Å². The Labute approximate surface area is 178 Å². The average Bonchev–Trinajstić information content (AvgIpc) is 3.00. The van der Waals surface area contributed by atoms with E-state index in [1.807, 2.05) is 4.90 Å². The van der Waals surface area contributed by atoms with Crippen molar-refractivity contribution in [3.05, 3.63) is 24.0 Å². The molecule has 1 N–H and O–H groups in total. The first-order valence-electron chi connectivity index (χ1n) is 9.63. The SMILES string of the molecule is CC(C)(C)OC(=O)NC[C@H]1CN(c2ccc(N3CCOOSCC3)c(F)c2)C(=O)O1. The van der Waals surface area contributed by atoms with E-state index >= 15 is 0 Å². The van der Waals surface area contributed by atoms with Gasteiger partial charge in [0.1, 0.15) is 24.1 Å². The Morgan fingerprint density at radius 1 is 1.37 bits per heavy atom. The molecule has 0 radical (unpaired) electrons. The highest BCUT2D eigenvalue weighted by Crippen LogP contribution is 2.28. The second-order valence-electron chi connectivity index (χ2n) is 7.83. The summed E-state index contributed by atoms with van der Waals surface area (Å²) in [4.78, 5) is 32.2. The van der Waals surface area contributed by atoms with Crippen LogP contribution in [0.4, 0.5) is 25.4 Å².